The lowest BCUT2D eigenvalue weighted by molar-refractivity contribution is 0.270. The van der Waals surface area contributed by atoms with Crippen molar-refractivity contribution in [3.63, 3.8) is 0 Å². The van der Waals surface area contributed by atoms with Crippen molar-refractivity contribution in [1.82, 2.24) is 8.87 Å². The van der Waals surface area contributed by atoms with Crippen molar-refractivity contribution in [3.05, 3.63) is 18.0 Å². The number of rotatable bonds is 9. The Bertz CT molecular complexity index is 561. The molecule has 1 aromatic heterocycles. The van der Waals surface area contributed by atoms with Crippen LogP contribution in [0.4, 0.5) is 0 Å². The Kier molecular flexibility index (Phi) is 5.46. The number of nitrogens with zero attached hydrogens (tertiary/aromatic N) is 2. The van der Waals surface area contributed by atoms with Crippen molar-refractivity contribution in [2.45, 2.75) is 57.6 Å². The lowest BCUT2D eigenvalue weighted by Crippen LogP contribution is -2.33. The van der Waals surface area contributed by atoms with Crippen LogP contribution in [-0.2, 0) is 23.2 Å². The van der Waals surface area contributed by atoms with Gasteiger partial charge in [0.1, 0.15) is 4.90 Å². The topological polar surface area (TPSA) is 62.5 Å². The largest absolute Gasteiger partial charge is 0.390 e. The van der Waals surface area contributed by atoms with E-state index >= 15 is 0 Å². The molecule has 5 nitrogen and oxygen atoms in total. The molecule has 2 rings (SSSR count). The number of aryl methyl sites for hydroxylation is 1. The average Bonchev–Trinajstić information content (AvgIpc) is 3.17. The average molecular weight is 314 g/mol. The minimum absolute atomic E-state index is 0.133. The fraction of sp³-hybridized carbons (Fsp3) is 0.733. The van der Waals surface area contributed by atoms with Gasteiger partial charge in [-0.1, -0.05) is 13.8 Å². The van der Waals surface area contributed by atoms with Crippen LogP contribution in [0.2, 0.25) is 0 Å². The van der Waals surface area contributed by atoms with Crippen LogP contribution in [0.3, 0.4) is 0 Å². The summed E-state index contributed by atoms with van der Waals surface area (Å²) in [6.45, 7) is 5.81. The van der Waals surface area contributed by atoms with Gasteiger partial charge in [-0.15, -0.1) is 0 Å². The summed E-state index contributed by atoms with van der Waals surface area (Å²) in [5.41, 5.74) is 0.665. The standard InChI is InChI=1S/C15H26N2O3S/c1-3-7-16-11-15(9-14(16)12-18)21(19,20)17(8-4-2)10-13-5-6-13/h9,11,13,18H,3-8,10,12H2,1-2H3. The maximum absolute atomic E-state index is 12.8. The predicted octanol–water partition coefficient (Wildman–Crippen LogP) is 2.20. The fourth-order valence-corrected chi connectivity index (χ4v) is 4.22. The number of aliphatic hydroxyl groups excluding tert-OH is 1. The molecule has 0 amide bonds. The Labute approximate surface area is 127 Å². The van der Waals surface area contributed by atoms with E-state index in [0.29, 0.717) is 29.6 Å². The van der Waals surface area contributed by atoms with Crippen molar-refractivity contribution < 1.29 is 13.5 Å². The lowest BCUT2D eigenvalue weighted by atomic mass is 10.4. The van der Waals surface area contributed by atoms with Gasteiger partial charge in [0, 0.05) is 31.5 Å². The molecule has 0 unspecified atom stereocenters. The number of aromatic nitrogens is 1. The summed E-state index contributed by atoms with van der Waals surface area (Å²) < 4.78 is 29.1. The van der Waals surface area contributed by atoms with Crippen molar-refractivity contribution in [3.8, 4) is 0 Å². The van der Waals surface area contributed by atoms with Crippen molar-refractivity contribution in [2.24, 2.45) is 5.92 Å². The van der Waals surface area contributed by atoms with Gasteiger partial charge in [0.05, 0.1) is 6.61 Å². The van der Waals surface area contributed by atoms with E-state index in [2.05, 4.69) is 0 Å². The first-order chi connectivity index (χ1) is 10.0. The van der Waals surface area contributed by atoms with Gasteiger partial charge in [-0.25, -0.2) is 8.42 Å². The van der Waals surface area contributed by atoms with Crippen LogP contribution in [0.5, 0.6) is 0 Å². The summed E-state index contributed by atoms with van der Waals surface area (Å²) in [6, 6.07) is 1.61. The summed E-state index contributed by atoms with van der Waals surface area (Å²) in [5, 5.41) is 9.39. The maximum Gasteiger partial charge on any atom is 0.244 e. The van der Waals surface area contributed by atoms with E-state index in [1.807, 2.05) is 18.4 Å². The number of hydrogen-bond donors (Lipinski definition) is 1. The third-order valence-corrected chi connectivity index (χ3v) is 5.69. The van der Waals surface area contributed by atoms with Gasteiger partial charge < -0.3 is 9.67 Å². The molecule has 0 atom stereocenters. The van der Waals surface area contributed by atoms with Crippen LogP contribution in [0, 0.1) is 5.92 Å². The van der Waals surface area contributed by atoms with Gasteiger partial charge in [-0.05, 0) is 37.7 Å². The first-order valence-electron chi connectivity index (χ1n) is 7.83. The molecule has 1 aliphatic rings. The van der Waals surface area contributed by atoms with E-state index in [1.165, 1.54) is 0 Å². The number of aliphatic hydroxyl groups is 1. The third kappa shape index (κ3) is 3.87. The van der Waals surface area contributed by atoms with E-state index in [0.717, 1.165) is 32.2 Å². The quantitative estimate of drug-likeness (QED) is 0.760. The van der Waals surface area contributed by atoms with Crippen LogP contribution in [0.15, 0.2) is 17.2 Å². The summed E-state index contributed by atoms with van der Waals surface area (Å²) in [7, 11) is -3.45. The highest BCUT2D eigenvalue weighted by molar-refractivity contribution is 7.89. The van der Waals surface area contributed by atoms with E-state index in [1.54, 1.807) is 16.6 Å². The molecule has 0 saturated heterocycles. The molecule has 0 aromatic carbocycles. The highest BCUT2D eigenvalue weighted by Gasteiger charge is 2.32. The molecule has 6 heteroatoms. The first-order valence-corrected chi connectivity index (χ1v) is 9.27. The van der Waals surface area contributed by atoms with Crippen LogP contribution < -0.4 is 0 Å². The zero-order chi connectivity index (χ0) is 15.5. The number of hydrogen-bond acceptors (Lipinski definition) is 3. The van der Waals surface area contributed by atoms with E-state index in [9.17, 15) is 13.5 Å². The molecule has 1 saturated carbocycles. The molecule has 1 N–H and O–H groups in total. The Morgan fingerprint density at radius 2 is 2.05 bits per heavy atom. The molecule has 0 bridgehead atoms. The van der Waals surface area contributed by atoms with Crippen LogP contribution >= 0.6 is 0 Å². The molecule has 21 heavy (non-hydrogen) atoms. The minimum Gasteiger partial charge on any atom is -0.390 e. The van der Waals surface area contributed by atoms with Gasteiger partial charge >= 0.3 is 0 Å². The zero-order valence-electron chi connectivity index (χ0n) is 13.0. The SMILES string of the molecule is CCCN(CC1CC1)S(=O)(=O)c1cc(CO)n(CCC)c1. The Morgan fingerprint density at radius 3 is 2.57 bits per heavy atom. The predicted molar refractivity (Wildman–Crippen MR) is 82.4 cm³/mol. The first kappa shape index (κ1) is 16.5. The van der Waals surface area contributed by atoms with E-state index in [-0.39, 0.29) is 6.61 Å². The molecule has 120 valence electrons. The highest BCUT2D eigenvalue weighted by Crippen LogP contribution is 2.32. The highest BCUT2D eigenvalue weighted by atomic mass is 32.2. The maximum atomic E-state index is 12.8. The van der Waals surface area contributed by atoms with E-state index in [4.69, 9.17) is 0 Å². The third-order valence-electron chi connectivity index (χ3n) is 3.86. The number of sulfonamides is 1. The van der Waals surface area contributed by atoms with Crippen LogP contribution in [0.25, 0.3) is 0 Å². The summed E-state index contributed by atoms with van der Waals surface area (Å²) in [4.78, 5) is 0.314. The van der Waals surface area contributed by atoms with E-state index < -0.39 is 10.0 Å². The summed E-state index contributed by atoms with van der Waals surface area (Å²) in [6.07, 6.45) is 5.65. The second-order valence-electron chi connectivity index (χ2n) is 5.83. The van der Waals surface area contributed by atoms with Crippen molar-refractivity contribution in [2.75, 3.05) is 13.1 Å². The molecule has 1 fully saturated rings. The zero-order valence-corrected chi connectivity index (χ0v) is 13.8. The van der Waals surface area contributed by atoms with Gasteiger partial charge in [-0.2, -0.15) is 4.31 Å². The molecule has 1 aromatic rings. The van der Waals surface area contributed by atoms with Gasteiger partial charge in [0.25, 0.3) is 0 Å². The lowest BCUT2D eigenvalue weighted by Gasteiger charge is -2.20. The summed E-state index contributed by atoms with van der Waals surface area (Å²) in [5.74, 6) is 0.529. The van der Waals surface area contributed by atoms with Crippen LogP contribution in [0.1, 0.15) is 45.2 Å². The van der Waals surface area contributed by atoms with Crippen molar-refractivity contribution >= 4 is 10.0 Å². The minimum atomic E-state index is -3.45. The van der Waals surface area contributed by atoms with Crippen molar-refractivity contribution in [1.29, 1.82) is 0 Å². The second-order valence-corrected chi connectivity index (χ2v) is 7.76. The Balaban J connectivity index is 2.27. The molecule has 0 aliphatic heterocycles. The second kappa shape index (κ2) is 6.94. The Morgan fingerprint density at radius 1 is 1.33 bits per heavy atom. The van der Waals surface area contributed by atoms with Gasteiger partial charge in [-0.3, -0.25) is 0 Å². The van der Waals surface area contributed by atoms with Crippen LogP contribution in [-0.4, -0.2) is 35.5 Å². The molecular weight excluding hydrogens is 288 g/mol. The molecule has 0 spiro atoms. The molecule has 0 radical (unpaired) electrons. The smallest absolute Gasteiger partial charge is 0.244 e. The Hall–Kier alpha value is -0.850. The summed E-state index contributed by atoms with van der Waals surface area (Å²) >= 11 is 0. The molecule has 1 heterocycles. The van der Waals surface area contributed by atoms with Gasteiger partial charge in [0.2, 0.25) is 10.0 Å². The normalized spacial score (nSPS) is 15.8. The fourth-order valence-electron chi connectivity index (χ4n) is 2.54. The van der Waals surface area contributed by atoms with Gasteiger partial charge in [0.15, 0.2) is 0 Å². The molecular formula is C15H26N2O3S. The monoisotopic (exact) mass is 314 g/mol. The molecule has 1 aliphatic carbocycles.